The van der Waals surface area contributed by atoms with Crippen LogP contribution in [0.25, 0.3) is 0 Å². The molecule has 4 aromatic carbocycles. The lowest BCUT2D eigenvalue weighted by Gasteiger charge is -2.36. The summed E-state index contributed by atoms with van der Waals surface area (Å²) in [6.07, 6.45) is 6.01. The molecule has 3 heterocycles. The number of carbonyl (C=O) groups is 4. The number of fused-ring (bicyclic) bond motifs is 2. The molecule has 0 aromatic heterocycles. The zero-order valence-electron chi connectivity index (χ0n) is 33.5. The number of piperazine rings is 1. The number of nitrogens with one attached hydrogen (secondary N) is 1. The van der Waals surface area contributed by atoms with Gasteiger partial charge in [-0.25, -0.2) is 0 Å². The Hall–Kier alpha value is -5.48. The number of imide groups is 1. The first kappa shape index (κ1) is 39.4. The molecule has 0 spiro atoms. The third-order valence-corrected chi connectivity index (χ3v) is 12.3. The second-order valence-electron chi connectivity index (χ2n) is 16.2. The van der Waals surface area contributed by atoms with Crippen molar-refractivity contribution in [2.24, 2.45) is 0 Å². The molecular weight excluding hydrogens is 729 g/mol. The minimum atomic E-state index is -0.620. The van der Waals surface area contributed by atoms with E-state index in [-0.39, 0.29) is 29.9 Å². The number of anilines is 1. The number of nitrogens with zero attached hydrogens (tertiary/aromatic N) is 3. The van der Waals surface area contributed by atoms with E-state index in [4.69, 9.17) is 9.47 Å². The van der Waals surface area contributed by atoms with Crippen molar-refractivity contribution >= 4 is 29.2 Å². The number of carbonyl (C=O) groups excluding carboxylic acids is 4. The summed E-state index contributed by atoms with van der Waals surface area (Å²) in [5, 5.41) is 2.36. The Morgan fingerprint density at radius 2 is 1.52 bits per heavy atom. The molecular formula is C48H54N4O6. The van der Waals surface area contributed by atoms with Gasteiger partial charge in [0.1, 0.15) is 23.3 Å². The molecule has 10 nitrogen and oxygen atoms in total. The van der Waals surface area contributed by atoms with Crippen LogP contribution in [0.3, 0.4) is 0 Å². The monoisotopic (exact) mass is 782 g/mol. The molecule has 2 fully saturated rings. The van der Waals surface area contributed by atoms with Gasteiger partial charge in [0.15, 0.2) is 0 Å². The molecule has 3 atom stereocenters. The van der Waals surface area contributed by atoms with Crippen LogP contribution in [0.5, 0.6) is 11.5 Å². The number of piperidine rings is 1. The molecule has 3 amide bonds. The van der Waals surface area contributed by atoms with Gasteiger partial charge in [0.2, 0.25) is 11.8 Å². The number of aryl methyl sites for hydroxylation is 1. The molecule has 10 heteroatoms. The van der Waals surface area contributed by atoms with E-state index in [0.29, 0.717) is 50.4 Å². The van der Waals surface area contributed by atoms with Gasteiger partial charge in [0.25, 0.3) is 5.91 Å². The molecule has 58 heavy (non-hydrogen) atoms. The summed E-state index contributed by atoms with van der Waals surface area (Å²) < 4.78 is 12.2. The van der Waals surface area contributed by atoms with Crippen LogP contribution in [-0.2, 0) is 27.3 Å². The van der Waals surface area contributed by atoms with E-state index in [9.17, 15) is 19.2 Å². The quantitative estimate of drug-likeness (QED) is 0.101. The molecule has 2 saturated heterocycles. The van der Waals surface area contributed by atoms with Crippen molar-refractivity contribution in [3.63, 3.8) is 0 Å². The Morgan fingerprint density at radius 3 is 2.29 bits per heavy atom. The first-order chi connectivity index (χ1) is 28.3. The lowest BCUT2D eigenvalue weighted by atomic mass is 9.69. The summed E-state index contributed by atoms with van der Waals surface area (Å²) in [5.74, 6) is 1.77. The van der Waals surface area contributed by atoms with Crippen LogP contribution in [0.2, 0.25) is 0 Å². The number of benzene rings is 4. The second kappa shape index (κ2) is 18.0. The number of ether oxygens (including phenoxy) is 2. The van der Waals surface area contributed by atoms with Gasteiger partial charge in [0, 0.05) is 62.7 Å². The van der Waals surface area contributed by atoms with E-state index in [1.165, 1.54) is 22.3 Å². The van der Waals surface area contributed by atoms with E-state index in [1.807, 2.05) is 18.2 Å². The normalized spacial score (nSPS) is 20.7. The first-order valence-electron chi connectivity index (χ1n) is 21.1. The summed E-state index contributed by atoms with van der Waals surface area (Å²) >= 11 is 0. The Balaban J connectivity index is 0.797. The average Bonchev–Trinajstić information content (AvgIpc) is 3.57. The number of rotatable bonds is 15. The van der Waals surface area contributed by atoms with E-state index >= 15 is 0 Å². The topological polar surface area (TPSA) is 108 Å². The van der Waals surface area contributed by atoms with Crippen molar-refractivity contribution in [2.75, 3.05) is 50.8 Å². The van der Waals surface area contributed by atoms with Crippen molar-refractivity contribution in [3.8, 4) is 11.5 Å². The Morgan fingerprint density at radius 1 is 0.759 bits per heavy atom. The Bertz CT molecular complexity index is 2110. The second-order valence-corrected chi connectivity index (χ2v) is 16.2. The van der Waals surface area contributed by atoms with Gasteiger partial charge in [-0.15, -0.1) is 0 Å². The van der Waals surface area contributed by atoms with Gasteiger partial charge in [0.05, 0.1) is 19.8 Å². The van der Waals surface area contributed by atoms with Crippen LogP contribution in [0.4, 0.5) is 5.69 Å². The zero-order valence-corrected chi connectivity index (χ0v) is 33.5. The fourth-order valence-corrected chi connectivity index (χ4v) is 9.17. The lowest BCUT2D eigenvalue weighted by Crippen LogP contribution is -2.52. The van der Waals surface area contributed by atoms with Crippen LogP contribution >= 0.6 is 0 Å². The standard InChI is InChI=1S/C48H54N4O6/c1-2-3-27-58-40-17-20-42-35(30-40)13-18-41(33-8-5-4-6-9-33)46(42)34-11-15-39(16-12-34)57-28-7-10-38(53)32-50-23-25-51(26-24-50)37-14-19-43-36(29-37)31-52(48(43)56)44-21-22-45(54)49-47(44)55/h4-6,8-9,11-12,14-17,19-20,29-30,41,44,46H,2-3,7,10,13,18,21-28,31-32H2,1H3,(H,49,54,55)/t41-,44?,46+/m1/s1. The number of hydrogen-bond acceptors (Lipinski definition) is 8. The van der Waals surface area contributed by atoms with E-state index in [2.05, 4.69) is 94.8 Å². The van der Waals surface area contributed by atoms with Crippen LogP contribution < -0.4 is 19.7 Å². The van der Waals surface area contributed by atoms with Crippen molar-refractivity contribution in [1.29, 1.82) is 0 Å². The number of ketones is 1. The summed E-state index contributed by atoms with van der Waals surface area (Å²) in [7, 11) is 0. The van der Waals surface area contributed by atoms with Crippen LogP contribution in [0.1, 0.15) is 102 Å². The van der Waals surface area contributed by atoms with Gasteiger partial charge >= 0.3 is 0 Å². The predicted molar refractivity (Wildman–Crippen MR) is 224 cm³/mol. The smallest absolute Gasteiger partial charge is 0.255 e. The molecule has 1 unspecified atom stereocenters. The highest BCUT2D eigenvalue weighted by Gasteiger charge is 2.39. The number of unbranched alkanes of at least 4 members (excludes halogenated alkanes) is 1. The maximum absolute atomic E-state index is 13.1. The maximum Gasteiger partial charge on any atom is 0.255 e. The van der Waals surface area contributed by atoms with E-state index in [0.717, 1.165) is 81.2 Å². The average molecular weight is 783 g/mol. The number of hydrogen-bond donors (Lipinski definition) is 1. The highest BCUT2D eigenvalue weighted by atomic mass is 16.5. The first-order valence-corrected chi connectivity index (χ1v) is 21.1. The lowest BCUT2D eigenvalue weighted by molar-refractivity contribution is -0.137. The fourth-order valence-electron chi connectivity index (χ4n) is 9.17. The molecule has 3 aliphatic heterocycles. The van der Waals surface area contributed by atoms with Gasteiger partial charge in [-0.05, 0) is 108 Å². The van der Waals surface area contributed by atoms with Crippen LogP contribution in [0.15, 0.2) is 91.0 Å². The summed E-state index contributed by atoms with van der Waals surface area (Å²) in [5.41, 5.74) is 7.94. The van der Waals surface area contributed by atoms with Gasteiger partial charge in [-0.3, -0.25) is 29.4 Å². The molecule has 302 valence electrons. The summed E-state index contributed by atoms with van der Waals surface area (Å²) in [4.78, 5) is 56.2. The van der Waals surface area contributed by atoms with Crippen molar-refractivity contribution in [3.05, 3.63) is 124 Å². The fraction of sp³-hybridized carbons (Fsp3) is 0.417. The minimum absolute atomic E-state index is 0.163. The number of amides is 3. The van der Waals surface area contributed by atoms with Gasteiger partial charge < -0.3 is 19.3 Å². The third kappa shape index (κ3) is 8.82. The van der Waals surface area contributed by atoms with Gasteiger partial charge in [-0.2, -0.15) is 0 Å². The zero-order chi connectivity index (χ0) is 40.0. The predicted octanol–water partition coefficient (Wildman–Crippen LogP) is 7.04. The Kier molecular flexibility index (Phi) is 12.2. The highest BCUT2D eigenvalue weighted by molar-refractivity contribution is 6.05. The SMILES string of the molecule is CCCCOc1ccc2c(c1)CC[C@H](c1ccccc1)[C@@H]2c1ccc(OCCCC(=O)CN2CCN(c3ccc4c(c3)CN(C3CCC(=O)NC3=O)C4=O)CC2)cc1. The van der Waals surface area contributed by atoms with Gasteiger partial charge in [-0.1, -0.05) is 61.9 Å². The van der Waals surface area contributed by atoms with E-state index in [1.54, 1.807) is 4.90 Å². The van der Waals surface area contributed by atoms with Crippen molar-refractivity contribution < 1.29 is 28.7 Å². The summed E-state index contributed by atoms with van der Waals surface area (Å²) in [6, 6.07) is 31.3. The van der Waals surface area contributed by atoms with Crippen molar-refractivity contribution in [2.45, 2.75) is 82.7 Å². The largest absolute Gasteiger partial charge is 0.494 e. The van der Waals surface area contributed by atoms with Crippen molar-refractivity contribution in [1.82, 2.24) is 15.1 Å². The molecule has 4 aliphatic rings. The summed E-state index contributed by atoms with van der Waals surface area (Å²) in [6.45, 7) is 7.32. The van der Waals surface area contributed by atoms with Crippen LogP contribution in [0, 0.1) is 0 Å². The third-order valence-electron chi connectivity index (χ3n) is 12.3. The number of Topliss-reactive ketones (excluding diaryl/α,β-unsaturated/α-hetero) is 1. The molecule has 8 rings (SSSR count). The molecule has 1 aliphatic carbocycles. The minimum Gasteiger partial charge on any atom is -0.494 e. The van der Waals surface area contributed by atoms with Crippen LogP contribution in [-0.4, -0.2) is 85.3 Å². The maximum atomic E-state index is 13.1. The van der Waals surface area contributed by atoms with E-state index < -0.39 is 11.9 Å². The molecule has 4 aromatic rings. The Labute approximate surface area is 341 Å². The molecule has 0 radical (unpaired) electrons. The highest BCUT2D eigenvalue weighted by Crippen LogP contribution is 2.47. The molecule has 0 saturated carbocycles. The molecule has 1 N–H and O–H groups in total. The molecule has 0 bridgehead atoms.